The Morgan fingerprint density at radius 1 is 1.33 bits per heavy atom. The van der Waals surface area contributed by atoms with Crippen molar-refractivity contribution in [1.82, 2.24) is 5.32 Å². The molecule has 21 heavy (non-hydrogen) atoms. The molecule has 0 aromatic heterocycles. The minimum atomic E-state index is -0.227. The molecular formula is C16H25NO3S. The minimum absolute atomic E-state index is 0.146. The van der Waals surface area contributed by atoms with E-state index in [-0.39, 0.29) is 12.1 Å². The molecule has 118 valence electrons. The summed E-state index contributed by atoms with van der Waals surface area (Å²) in [6, 6.07) is 6.08. The highest BCUT2D eigenvalue weighted by Gasteiger charge is 2.25. The molecule has 2 unspecified atom stereocenters. The lowest BCUT2D eigenvalue weighted by molar-refractivity contribution is 0.168. The quantitative estimate of drug-likeness (QED) is 0.758. The third-order valence-corrected chi connectivity index (χ3v) is 4.64. The number of likely N-dealkylation sites (N-methyl/N-ethyl adjacent to an activating group) is 1. The van der Waals surface area contributed by atoms with E-state index in [0.29, 0.717) is 18.5 Å². The van der Waals surface area contributed by atoms with Gasteiger partial charge in [0.1, 0.15) is 13.2 Å². The molecule has 4 nitrogen and oxygen atoms in total. The summed E-state index contributed by atoms with van der Waals surface area (Å²) in [5.41, 5.74) is -0.227. The second-order valence-electron chi connectivity index (χ2n) is 5.69. The van der Waals surface area contributed by atoms with Gasteiger partial charge in [-0.2, -0.15) is 0 Å². The van der Waals surface area contributed by atoms with Crippen LogP contribution in [-0.4, -0.2) is 42.3 Å². The summed E-state index contributed by atoms with van der Waals surface area (Å²) in [5.74, 6) is 1.65. The molecule has 0 radical (unpaired) electrons. The summed E-state index contributed by atoms with van der Waals surface area (Å²) >= 11 is 1.80. The van der Waals surface area contributed by atoms with Crippen molar-refractivity contribution < 1.29 is 14.6 Å². The first kappa shape index (κ1) is 16.5. The number of aliphatic hydroxyl groups excluding tert-OH is 1. The van der Waals surface area contributed by atoms with Gasteiger partial charge in [-0.15, -0.1) is 11.8 Å². The first-order valence-electron chi connectivity index (χ1n) is 7.48. The molecule has 1 aromatic carbocycles. The van der Waals surface area contributed by atoms with Gasteiger partial charge in [0.15, 0.2) is 11.5 Å². The molecule has 0 amide bonds. The maximum Gasteiger partial charge on any atom is 0.162 e. The largest absolute Gasteiger partial charge is 0.486 e. The van der Waals surface area contributed by atoms with Gasteiger partial charge >= 0.3 is 0 Å². The molecule has 2 N–H and O–H groups in total. The molecule has 0 saturated carbocycles. The molecule has 5 heteroatoms. The van der Waals surface area contributed by atoms with Crippen molar-refractivity contribution >= 4 is 11.8 Å². The zero-order valence-electron chi connectivity index (χ0n) is 13.0. The second kappa shape index (κ2) is 7.38. The number of hydrogen-bond donors (Lipinski definition) is 2. The molecule has 0 bridgehead atoms. The standard InChI is InChI=1S/C16H25NO3S/c1-4-17-16(3,11-18)10-12(2)21-13-5-6-14-15(9-13)20-8-7-19-14/h5-6,9,12,17-18H,4,7-8,10-11H2,1-3H3. The van der Waals surface area contributed by atoms with E-state index in [0.717, 1.165) is 24.5 Å². The molecule has 1 aromatic rings. The van der Waals surface area contributed by atoms with Gasteiger partial charge in [-0.3, -0.25) is 0 Å². The van der Waals surface area contributed by atoms with E-state index < -0.39 is 0 Å². The van der Waals surface area contributed by atoms with Crippen LogP contribution in [0.5, 0.6) is 11.5 Å². The molecule has 0 spiro atoms. The van der Waals surface area contributed by atoms with Crippen LogP contribution in [0.2, 0.25) is 0 Å². The second-order valence-corrected chi connectivity index (χ2v) is 7.20. The van der Waals surface area contributed by atoms with Crippen LogP contribution in [0.4, 0.5) is 0 Å². The first-order chi connectivity index (χ1) is 10.1. The van der Waals surface area contributed by atoms with Gasteiger partial charge in [-0.25, -0.2) is 0 Å². The predicted molar refractivity (Wildman–Crippen MR) is 86.5 cm³/mol. The average Bonchev–Trinajstić information content (AvgIpc) is 2.47. The average molecular weight is 311 g/mol. The fourth-order valence-corrected chi connectivity index (χ4v) is 3.86. The number of fused-ring (bicyclic) bond motifs is 1. The van der Waals surface area contributed by atoms with Crippen LogP contribution in [-0.2, 0) is 0 Å². The molecule has 0 saturated heterocycles. The highest BCUT2D eigenvalue weighted by molar-refractivity contribution is 8.00. The molecule has 1 heterocycles. The van der Waals surface area contributed by atoms with Gasteiger partial charge in [-0.1, -0.05) is 13.8 Å². The van der Waals surface area contributed by atoms with Gasteiger partial charge in [-0.05, 0) is 38.1 Å². The SMILES string of the molecule is CCNC(C)(CO)CC(C)Sc1ccc2c(c1)OCCO2. The summed E-state index contributed by atoms with van der Waals surface area (Å²) in [6.45, 7) is 8.55. The zero-order chi connectivity index (χ0) is 15.3. The van der Waals surface area contributed by atoms with Gasteiger partial charge in [0.05, 0.1) is 6.61 Å². The Morgan fingerprint density at radius 3 is 2.71 bits per heavy atom. The third-order valence-electron chi connectivity index (χ3n) is 3.54. The van der Waals surface area contributed by atoms with Crippen molar-refractivity contribution in [2.75, 3.05) is 26.4 Å². The number of nitrogens with one attached hydrogen (secondary N) is 1. The highest BCUT2D eigenvalue weighted by atomic mass is 32.2. The van der Waals surface area contributed by atoms with Crippen LogP contribution >= 0.6 is 11.8 Å². The normalized spacial score (nSPS) is 18.1. The summed E-state index contributed by atoms with van der Waals surface area (Å²) in [6.07, 6.45) is 0.899. The Morgan fingerprint density at radius 2 is 2.05 bits per heavy atom. The van der Waals surface area contributed by atoms with E-state index in [9.17, 15) is 5.11 Å². The van der Waals surface area contributed by atoms with Crippen LogP contribution in [0, 0.1) is 0 Å². The summed E-state index contributed by atoms with van der Waals surface area (Å²) in [5, 5.41) is 13.3. The highest BCUT2D eigenvalue weighted by Crippen LogP contribution is 2.36. The van der Waals surface area contributed by atoms with Crippen molar-refractivity contribution in [3.8, 4) is 11.5 Å². The molecule has 1 aliphatic rings. The Balaban J connectivity index is 1.97. The van der Waals surface area contributed by atoms with Gasteiger partial charge in [0, 0.05) is 15.7 Å². The number of thioether (sulfide) groups is 1. The Labute approximate surface area is 131 Å². The number of aliphatic hydroxyl groups is 1. The van der Waals surface area contributed by atoms with E-state index >= 15 is 0 Å². The smallest absolute Gasteiger partial charge is 0.162 e. The molecular weight excluding hydrogens is 286 g/mol. The van der Waals surface area contributed by atoms with Crippen LogP contribution in [0.3, 0.4) is 0 Å². The maximum absolute atomic E-state index is 9.58. The van der Waals surface area contributed by atoms with E-state index in [2.05, 4.69) is 32.2 Å². The lowest BCUT2D eigenvalue weighted by Gasteiger charge is -2.31. The number of rotatable bonds is 7. The van der Waals surface area contributed by atoms with Crippen molar-refractivity contribution in [3.63, 3.8) is 0 Å². The lowest BCUT2D eigenvalue weighted by Crippen LogP contribution is -2.47. The van der Waals surface area contributed by atoms with Crippen LogP contribution in [0.15, 0.2) is 23.1 Å². The monoisotopic (exact) mass is 311 g/mol. The first-order valence-corrected chi connectivity index (χ1v) is 8.36. The summed E-state index contributed by atoms with van der Waals surface area (Å²) in [7, 11) is 0. The molecule has 0 aliphatic carbocycles. The summed E-state index contributed by atoms with van der Waals surface area (Å²) in [4.78, 5) is 1.17. The molecule has 2 rings (SSSR count). The number of benzene rings is 1. The van der Waals surface area contributed by atoms with Crippen molar-refractivity contribution in [3.05, 3.63) is 18.2 Å². The summed E-state index contributed by atoms with van der Waals surface area (Å²) < 4.78 is 11.2. The maximum atomic E-state index is 9.58. The number of hydrogen-bond acceptors (Lipinski definition) is 5. The Kier molecular flexibility index (Phi) is 5.79. The van der Waals surface area contributed by atoms with Crippen LogP contribution in [0.25, 0.3) is 0 Å². The van der Waals surface area contributed by atoms with E-state index in [1.165, 1.54) is 4.90 Å². The topological polar surface area (TPSA) is 50.7 Å². The van der Waals surface area contributed by atoms with Gasteiger partial charge in [0.25, 0.3) is 0 Å². The van der Waals surface area contributed by atoms with Gasteiger partial charge in [0.2, 0.25) is 0 Å². The minimum Gasteiger partial charge on any atom is -0.486 e. The third kappa shape index (κ3) is 4.53. The van der Waals surface area contributed by atoms with E-state index in [1.807, 2.05) is 12.1 Å². The van der Waals surface area contributed by atoms with Crippen molar-refractivity contribution in [2.24, 2.45) is 0 Å². The fourth-order valence-electron chi connectivity index (χ4n) is 2.62. The predicted octanol–water partition coefficient (Wildman–Crippen LogP) is 2.69. The van der Waals surface area contributed by atoms with Crippen LogP contribution < -0.4 is 14.8 Å². The fraction of sp³-hybridized carbons (Fsp3) is 0.625. The molecule has 1 aliphatic heterocycles. The van der Waals surface area contributed by atoms with E-state index in [4.69, 9.17) is 9.47 Å². The molecule has 2 atom stereocenters. The van der Waals surface area contributed by atoms with Crippen molar-refractivity contribution in [2.45, 2.75) is 42.9 Å². The van der Waals surface area contributed by atoms with E-state index in [1.54, 1.807) is 11.8 Å². The molecule has 0 fully saturated rings. The number of ether oxygens (including phenoxy) is 2. The zero-order valence-corrected chi connectivity index (χ0v) is 13.8. The Bertz CT molecular complexity index is 469. The Hall–Kier alpha value is -0.910. The van der Waals surface area contributed by atoms with Crippen LogP contribution in [0.1, 0.15) is 27.2 Å². The lowest BCUT2D eigenvalue weighted by atomic mass is 9.97. The van der Waals surface area contributed by atoms with Crippen molar-refractivity contribution in [1.29, 1.82) is 0 Å². The van der Waals surface area contributed by atoms with Gasteiger partial charge < -0.3 is 19.9 Å².